The van der Waals surface area contributed by atoms with Gasteiger partial charge in [-0.2, -0.15) is 0 Å². The number of carbonyl (C=O) groups excluding carboxylic acids is 2. The highest BCUT2D eigenvalue weighted by atomic mass is 16.5. The van der Waals surface area contributed by atoms with Crippen LogP contribution in [0.25, 0.3) is 0 Å². The molecule has 0 saturated carbocycles. The molecule has 1 N–H and O–H groups in total. The summed E-state index contributed by atoms with van der Waals surface area (Å²) < 4.78 is 4.82. The number of ether oxygens (including phenoxy) is 1. The molecule has 0 radical (unpaired) electrons. The Morgan fingerprint density at radius 2 is 2.06 bits per heavy atom. The second kappa shape index (κ2) is 6.64. The summed E-state index contributed by atoms with van der Waals surface area (Å²) in [5, 5.41) is 9.40. The number of esters is 1. The third kappa shape index (κ3) is 3.76. The molecule has 0 aliphatic heterocycles. The van der Waals surface area contributed by atoms with E-state index in [-0.39, 0.29) is 31.2 Å². The lowest BCUT2D eigenvalue weighted by Crippen LogP contribution is -2.36. The van der Waals surface area contributed by atoms with Gasteiger partial charge in [0.1, 0.15) is 12.3 Å². The summed E-state index contributed by atoms with van der Waals surface area (Å²) in [7, 11) is 0. The standard InChI is InChI=1S/C13H17NO4/c1-3-12(16)14(9-13(17)18-4-2)10-6-5-7-11(15)8-10/h5-8,15H,3-4,9H2,1-2H3. The fourth-order valence-corrected chi connectivity index (χ4v) is 1.51. The van der Waals surface area contributed by atoms with Gasteiger partial charge < -0.3 is 14.7 Å². The number of aromatic hydroxyl groups is 1. The smallest absolute Gasteiger partial charge is 0.326 e. The summed E-state index contributed by atoms with van der Waals surface area (Å²) in [6.07, 6.45) is 0.273. The van der Waals surface area contributed by atoms with E-state index in [4.69, 9.17) is 4.74 Å². The van der Waals surface area contributed by atoms with Crippen LogP contribution in [0.5, 0.6) is 5.75 Å². The first kappa shape index (κ1) is 14.0. The van der Waals surface area contributed by atoms with E-state index in [1.807, 2.05) is 0 Å². The van der Waals surface area contributed by atoms with Crippen molar-refractivity contribution in [3.63, 3.8) is 0 Å². The van der Waals surface area contributed by atoms with Gasteiger partial charge in [-0.25, -0.2) is 0 Å². The van der Waals surface area contributed by atoms with Gasteiger partial charge in [0.15, 0.2) is 0 Å². The number of carbonyl (C=O) groups is 2. The van der Waals surface area contributed by atoms with Crippen molar-refractivity contribution in [2.24, 2.45) is 0 Å². The number of benzene rings is 1. The first-order valence-electron chi connectivity index (χ1n) is 5.83. The molecule has 0 spiro atoms. The van der Waals surface area contributed by atoms with E-state index in [1.54, 1.807) is 26.0 Å². The van der Waals surface area contributed by atoms with Gasteiger partial charge in [-0.3, -0.25) is 9.59 Å². The summed E-state index contributed by atoms with van der Waals surface area (Å²) in [6.45, 7) is 3.54. The van der Waals surface area contributed by atoms with Gasteiger partial charge in [0.05, 0.1) is 6.61 Å². The average Bonchev–Trinajstić information content (AvgIpc) is 2.35. The predicted octanol–water partition coefficient (Wildman–Crippen LogP) is 1.70. The van der Waals surface area contributed by atoms with E-state index >= 15 is 0 Å². The van der Waals surface area contributed by atoms with Gasteiger partial charge in [0.2, 0.25) is 5.91 Å². The molecular weight excluding hydrogens is 234 g/mol. The van der Waals surface area contributed by atoms with Crippen LogP contribution < -0.4 is 4.90 Å². The highest BCUT2D eigenvalue weighted by molar-refractivity contribution is 5.97. The molecule has 0 bridgehead atoms. The number of rotatable bonds is 5. The fourth-order valence-electron chi connectivity index (χ4n) is 1.51. The van der Waals surface area contributed by atoms with E-state index in [2.05, 4.69) is 0 Å². The zero-order valence-electron chi connectivity index (χ0n) is 10.5. The van der Waals surface area contributed by atoms with E-state index in [0.717, 1.165) is 0 Å². The molecule has 0 aliphatic rings. The average molecular weight is 251 g/mol. The second-order valence-corrected chi connectivity index (χ2v) is 3.66. The van der Waals surface area contributed by atoms with Crippen LogP contribution >= 0.6 is 0 Å². The van der Waals surface area contributed by atoms with Crippen LogP contribution in [0.2, 0.25) is 0 Å². The zero-order chi connectivity index (χ0) is 13.5. The Morgan fingerprint density at radius 1 is 1.33 bits per heavy atom. The number of hydrogen-bond acceptors (Lipinski definition) is 4. The van der Waals surface area contributed by atoms with Crippen LogP contribution in [0.3, 0.4) is 0 Å². The number of phenolic OH excluding ortho intramolecular Hbond substituents is 1. The molecule has 5 nitrogen and oxygen atoms in total. The topological polar surface area (TPSA) is 66.8 Å². The Kier molecular flexibility index (Phi) is 5.17. The highest BCUT2D eigenvalue weighted by Crippen LogP contribution is 2.20. The van der Waals surface area contributed by atoms with Crippen LogP contribution in [0.4, 0.5) is 5.69 Å². The molecule has 1 amide bonds. The van der Waals surface area contributed by atoms with E-state index < -0.39 is 5.97 Å². The number of amides is 1. The summed E-state index contributed by atoms with van der Waals surface area (Å²) in [5.41, 5.74) is 0.481. The molecule has 0 atom stereocenters. The van der Waals surface area contributed by atoms with Crippen molar-refractivity contribution < 1.29 is 19.4 Å². The van der Waals surface area contributed by atoms with Crippen LogP contribution in [-0.2, 0) is 14.3 Å². The maximum Gasteiger partial charge on any atom is 0.326 e. The van der Waals surface area contributed by atoms with Crippen molar-refractivity contribution in [1.29, 1.82) is 0 Å². The lowest BCUT2D eigenvalue weighted by atomic mass is 10.2. The maximum atomic E-state index is 11.8. The molecule has 1 rings (SSSR count). The predicted molar refractivity (Wildman–Crippen MR) is 67.4 cm³/mol. The van der Waals surface area contributed by atoms with Crippen LogP contribution in [-0.4, -0.2) is 30.1 Å². The van der Waals surface area contributed by atoms with Crippen molar-refractivity contribution in [2.75, 3.05) is 18.1 Å². The first-order valence-corrected chi connectivity index (χ1v) is 5.83. The van der Waals surface area contributed by atoms with E-state index in [0.29, 0.717) is 5.69 Å². The minimum absolute atomic E-state index is 0.0465. The lowest BCUT2D eigenvalue weighted by Gasteiger charge is -2.21. The van der Waals surface area contributed by atoms with E-state index in [1.165, 1.54) is 17.0 Å². The van der Waals surface area contributed by atoms with Crippen molar-refractivity contribution in [3.05, 3.63) is 24.3 Å². The quantitative estimate of drug-likeness (QED) is 0.809. The van der Waals surface area contributed by atoms with Crippen LogP contribution in [0.15, 0.2) is 24.3 Å². The van der Waals surface area contributed by atoms with Gasteiger partial charge in [0.25, 0.3) is 0 Å². The Hall–Kier alpha value is -2.04. The second-order valence-electron chi connectivity index (χ2n) is 3.66. The third-order valence-electron chi connectivity index (χ3n) is 2.34. The molecule has 0 saturated heterocycles. The van der Waals surface area contributed by atoms with Gasteiger partial charge in [-0.15, -0.1) is 0 Å². The fraction of sp³-hybridized carbons (Fsp3) is 0.385. The molecule has 5 heteroatoms. The summed E-state index contributed by atoms with van der Waals surface area (Å²) in [4.78, 5) is 24.6. The van der Waals surface area contributed by atoms with Crippen LogP contribution in [0.1, 0.15) is 20.3 Å². The molecule has 0 fully saturated rings. The number of hydrogen-bond donors (Lipinski definition) is 1. The van der Waals surface area contributed by atoms with E-state index in [9.17, 15) is 14.7 Å². The van der Waals surface area contributed by atoms with Gasteiger partial charge in [-0.05, 0) is 19.1 Å². The maximum absolute atomic E-state index is 11.8. The summed E-state index contributed by atoms with van der Waals surface area (Å²) >= 11 is 0. The molecule has 1 aromatic carbocycles. The van der Waals surface area contributed by atoms with Crippen LogP contribution in [0, 0.1) is 0 Å². The van der Waals surface area contributed by atoms with Gasteiger partial charge >= 0.3 is 5.97 Å². The number of anilines is 1. The minimum Gasteiger partial charge on any atom is -0.508 e. The van der Waals surface area contributed by atoms with Crippen molar-refractivity contribution in [3.8, 4) is 5.75 Å². The number of nitrogens with zero attached hydrogens (tertiary/aromatic N) is 1. The molecule has 0 heterocycles. The normalized spacial score (nSPS) is 9.89. The molecular formula is C13H17NO4. The number of phenols is 1. The lowest BCUT2D eigenvalue weighted by molar-refractivity contribution is -0.142. The monoisotopic (exact) mass is 251 g/mol. The largest absolute Gasteiger partial charge is 0.508 e. The van der Waals surface area contributed by atoms with Crippen molar-refractivity contribution in [2.45, 2.75) is 20.3 Å². The minimum atomic E-state index is -0.470. The molecule has 1 aromatic rings. The SMILES string of the molecule is CCOC(=O)CN(C(=O)CC)c1cccc(O)c1. The first-order chi connectivity index (χ1) is 8.58. The Bertz CT molecular complexity index is 431. The molecule has 0 aromatic heterocycles. The van der Waals surface area contributed by atoms with Crippen molar-refractivity contribution >= 4 is 17.6 Å². The Balaban J connectivity index is 2.91. The molecule has 0 aliphatic carbocycles. The third-order valence-corrected chi connectivity index (χ3v) is 2.34. The molecule has 18 heavy (non-hydrogen) atoms. The molecule has 98 valence electrons. The molecule has 0 unspecified atom stereocenters. The Morgan fingerprint density at radius 3 is 2.61 bits per heavy atom. The summed E-state index contributed by atoms with van der Waals surface area (Å²) in [5.74, 6) is -0.624. The van der Waals surface area contributed by atoms with Gasteiger partial charge in [-0.1, -0.05) is 13.0 Å². The summed E-state index contributed by atoms with van der Waals surface area (Å²) in [6, 6.07) is 6.22. The zero-order valence-corrected chi connectivity index (χ0v) is 10.5. The van der Waals surface area contributed by atoms with Crippen molar-refractivity contribution in [1.82, 2.24) is 0 Å². The Labute approximate surface area is 106 Å². The van der Waals surface area contributed by atoms with Gasteiger partial charge in [0, 0.05) is 18.2 Å². The highest BCUT2D eigenvalue weighted by Gasteiger charge is 2.18.